The topological polar surface area (TPSA) is 44.7 Å². The minimum Gasteiger partial charge on any atom is -0.394 e. The average Bonchev–Trinajstić information content (AvgIpc) is 2.51. The first kappa shape index (κ1) is 18.9. The monoisotopic (exact) mass is 300 g/mol. The Bertz CT molecular complexity index is 276. The van der Waals surface area contributed by atoms with Crippen molar-refractivity contribution in [3.8, 4) is 0 Å². The molecule has 0 amide bonds. The molecule has 0 spiro atoms. The van der Waals surface area contributed by atoms with Gasteiger partial charge in [0.15, 0.2) is 0 Å². The second kappa shape index (κ2) is 9.78. The fraction of sp³-hybridized carbons (Fsp3) is 1.00. The molecule has 0 bridgehead atoms. The number of aliphatic hydroxyl groups is 1. The molecular weight excluding hydrogens is 264 g/mol. The van der Waals surface area contributed by atoms with E-state index >= 15 is 0 Å². The molecule has 21 heavy (non-hydrogen) atoms. The van der Waals surface area contributed by atoms with Crippen LogP contribution in [0.4, 0.5) is 0 Å². The lowest BCUT2D eigenvalue weighted by Gasteiger charge is -2.40. The third-order valence-corrected chi connectivity index (χ3v) is 4.49. The Hall–Kier alpha value is -0.160. The number of rotatable bonds is 10. The first-order valence-electron chi connectivity index (χ1n) is 8.76. The van der Waals surface area contributed by atoms with Gasteiger partial charge in [-0.25, -0.2) is 0 Å². The molecule has 1 rings (SSSR count). The van der Waals surface area contributed by atoms with Gasteiger partial charge in [-0.2, -0.15) is 0 Å². The predicted octanol–water partition coefficient (Wildman–Crippen LogP) is 2.41. The van der Waals surface area contributed by atoms with E-state index in [-0.39, 0.29) is 12.1 Å². The van der Waals surface area contributed by atoms with Crippen LogP contribution >= 0.6 is 0 Å². The van der Waals surface area contributed by atoms with Crippen LogP contribution in [0.2, 0.25) is 0 Å². The summed E-state index contributed by atoms with van der Waals surface area (Å²) < 4.78 is 5.93. The molecule has 0 radical (unpaired) electrons. The van der Waals surface area contributed by atoms with E-state index in [0.717, 1.165) is 45.5 Å². The Labute approximate surface area is 131 Å². The summed E-state index contributed by atoms with van der Waals surface area (Å²) >= 11 is 0. The molecule has 0 aliphatic carbocycles. The van der Waals surface area contributed by atoms with E-state index in [0.29, 0.717) is 12.1 Å². The van der Waals surface area contributed by atoms with Crippen molar-refractivity contribution in [1.82, 2.24) is 10.2 Å². The van der Waals surface area contributed by atoms with Crippen molar-refractivity contribution in [2.45, 2.75) is 77.5 Å². The third-order valence-electron chi connectivity index (χ3n) is 4.49. The van der Waals surface area contributed by atoms with Crippen LogP contribution < -0.4 is 5.32 Å². The van der Waals surface area contributed by atoms with Crippen molar-refractivity contribution < 1.29 is 9.84 Å². The van der Waals surface area contributed by atoms with E-state index in [2.05, 4.69) is 37.9 Å². The van der Waals surface area contributed by atoms with Crippen LogP contribution in [-0.4, -0.2) is 60.5 Å². The summed E-state index contributed by atoms with van der Waals surface area (Å²) in [5.41, 5.74) is -0.174. The molecule has 3 atom stereocenters. The summed E-state index contributed by atoms with van der Waals surface area (Å²) in [7, 11) is 0. The second-order valence-electron chi connectivity index (χ2n) is 6.83. The van der Waals surface area contributed by atoms with Crippen LogP contribution in [0, 0.1) is 0 Å². The van der Waals surface area contributed by atoms with Gasteiger partial charge in [-0.1, -0.05) is 13.8 Å². The van der Waals surface area contributed by atoms with Crippen molar-refractivity contribution in [3.63, 3.8) is 0 Å². The molecule has 1 fully saturated rings. The number of aliphatic hydroxyl groups excluding tert-OH is 1. The zero-order valence-corrected chi connectivity index (χ0v) is 14.5. The largest absolute Gasteiger partial charge is 0.394 e. The number of hydrogen-bond acceptors (Lipinski definition) is 4. The van der Waals surface area contributed by atoms with Gasteiger partial charge in [-0.15, -0.1) is 0 Å². The molecule has 1 saturated heterocycles. The van der Waals surface area contributed by atoms with E-state index < -0.39 is 0 Å². The first-order valence-corrected chi connectivity index (χ1v) is 8.76. The minimum absolute atomic E-state index is 0.174. The summed E-state index contributed by atoms with van der Waals surface area (Å²) in [6.07, 6.45) is 5.97. The highest BCUT2D eigenvalue weighted by atomic mass is 16.5. The standard InChI is InChI=1S/C17H36N2O2/c1-5-9-18-17(4,14-20)12-15(3)19-10-7-8-16(13-19)21-11-6-2/h15-16,18,20H,5-14H2,1-4H3. The summed E-state index contributed by atoms with van der Waals surface area (Å²) in [4.78, 5) is 2.53. The molecule has 0 aromatic heterocycles. The summed E-state index contributed by atoms with van der Waals surface area (Å²) in [5, 5.41) is 13.2. The van der Waals surface area contributed by atoms with Crippen LogP contribution in [0.1, 0.15) is 59.8 Å². The Balaban J connectivity index is 2.46. The van der Waals surface area contributed by atoms with Gasteiger partial charge in [0, 0.05) is 24.7 Å². The highest BCUT2D eigenvalue weighted by Gasteiger charge is 2.30. The van der Waals surface area contributed by atoms with Crippen molar-refractivity contribution in [2.24, 2.45) is 0 Å². The lowest BCUT2D eigenvalue weighted by Crippen LogP contribution is -2.53. The molecule has 0 aromatic rings. The summed E-state index contributed by atoms with van der Waals surface area (Å²) in [6.45, 7) is 13.0. The smallest absolute Gasteiger partial charge is 0.0702 e. The fourth-order valence-corrected chi connectivity index (χ4v) is 3.19. The molecule has 1 heterocycles. The molecule has 3 unspecified atom stereocenters. The first-order chi connectivity index (χ1) is 10.0. The van der Waals surface area contributed by atoms with Gasteiger partial charge < -0.3 is 15.2 Å². The van der Waals surface area contributed by atoms with Gasteiger partial charge in [0.25, 0.3) is 0 Å². The number of nitrogens with zero attached hydrogens (tertiary/aromatic N) is 1. The molecular formula is C17H36N2O2. The Morgan fingerprint density at radius 1 is 1.38 bits per heavy atom. The molecule has 4 nitrogen and oxygen atoms in total. The van der Waals surface area contributed by atoms with E-state index in [1.165, 1.54) is 12.8 Å². The number of hydrogen-bond donors (Lipinski definition) is 2. The highest BCUT2D eigenvalue weighted by molar-refractivity contribution is 4.88. The average molecular weight is 300 g/mol. The molecule has 0 aromatic carbocycles. The van der Waals surface area contributed by atoms with Crippen LogP contribution in [0.3, 0.4) is 0 Å². The summed E-state index contributed by atoms with van der Waals surface area (Å²) in [5.74, 6) is 0. The molecule has 126 valence electrons. The van der Waals surface area contributed by atoms with Gasteiger partial charge in [0.05, 0.1) is 12.7 Å². The molecule has 1 aliphatic heterocycles. The van der Waals surface area contributed by atoms with Gasteiger partial charge in [-0.3, -0.25) is 4.90 Å². The Kier molecular flexibility index (Phi) is 8.79. The molecule has 1 aliphatic rings. The number of nitrogens with one attached hydrogen (secondary N) is 1. The number of ether oxygens (including phenoxy) is 1. The molecule has 4 heteroatoms. The maximum Gasteiger partial charge on any atom is 0.0702 e. The molecule has 2 N–H and O–H groups in total. The van der Waals surface area contributed by atoms with Crippen LogP contribution in [0.25, 0.3) is 0 Å². The van der Waals surface area contributed by atoms with Crippen LogP contribution in [-0.2, 0) is 4.74 Å². The predicted molar refractivity (Wildman–Crippen MR) is 88.7 cm³/mol. The lowest BCUT2D eigenvalue weighted by atomic mass is 9.92. The second-order valence-corrected chi connectivity index (χ2v) is 6.83. The van der Waals surface area contributed by atoms with Crippen molar-refractivity contribution in [3.05, 3.63) is 0 Å². The van der Waals surface area contributed by atoms with Crippen molar-refractivity contribution in [2.75, 3.05) is 32.8 Å². The van der Waals surface area contributed by atoms with E-state index in [1.54, 1.807) is 0 Å². The maximum absolute atomic E-state index is 9.72. The zero-order valence-electron chi connectivity index (χ0n) is 14.5. The third kappa shape index (κ3) is 6.64. The van der Waals surface area contributed by atoms with Gasteiger partial charge in [0.2, 0.25) is 0 Å². The maximum atomic E-state index is 9.72. The van der Waals surface area contributed by atoms with Crippen LogP contribution in [0.15, 0.2) is 0 Å². The van der Waals surface area contributed by atoms with E-state index in [4.69, 9.17) is 4.74 Å². The van der Waals surface area contributed by atoms with E-state index in [9.17, 15) is 5.11 Å². The molecule has 0 saturated carbocycles. The van der Waals surface area contributed by atoms with Gasteiger partial charge >= 0.3 is 0 Å². The summed E-state index contributed by atoms with van der Waals surface area (Å²) in [6, 6.07) is 0.472. The van der Waals surface area contributed by atoms with Crippen molar-refractivity contribution in [1.29, 1.82) is 0 Å². The van der Waals surface area contributed by atoms with Crippen LogP contribution in [0.5, 0.6) is 0 Å². The number of likely N-dealkylation sites (tertiary alicyclic amines) is 1. The SMILES string of the molecule is CCCNC(C)(CO)CC(C)N1CCCC(OCCC)C1. The highest BCUT2D eigenvalue weighted by Crippen LogP contribution is 2.21. The normalized spacial score (nSPS) is 24.7. The minimum atomic E-state index is -0.174. The fourth-order valence-electron chi connectivity index (χ4n) is 3.19. The Morgan fingerprint density at radius 2 is 2.14 bits per heavy atom. The number of piperidine rings is 1. The zero-order chi connectivity index (χ0) is 15.7. The van der Waals surface area contributed by atoms with Gasteiger partial charge in [0.1, 0.15) is 0 Å². The van der Waals surface area contributed by atoms with E-state index in [1.807, 2.05) is 0 Å². The Morgan fingerprint density at radius 3 is 2.76 bits per heavy atom. The van der Waals surface area contributed by atoms with Gasteiger partial charge in [-0.05, 0) is 59.0 Å². The quantitative estimate of drug-likeness (QED) is 0.650. The van der Waals surface area contributed by atoms with Crippen molar-refractivity contribution >= 4 is 0 Å². The lowest BCUT2D eigenvalue weighted by molar-refractivity contribution is -0.0160.